The van der Waals surface area contributed by atoms with Crippen LogP contribution >= 0.6 is 11.6 Å². The third kappa shape index (κ3) is 7.53. The lowest BCUT2D eigenvalue weighted by molar-refractivity contribution is -0.124. The van der Waals surface area contributed by atoms with Crippen LogP contribution in [0, 0.1) is 13.8 Å². The number of aryl methyl sites for hydroxylation is 2. The molecular weight excluding hydrogens is 494 g/mol. The Morgan fingerprint density at radius 3 is 2.37 bits per heavy atom. The molecule has 1 N–H and O–H groups in total. The predicted molar refractivity (Wildman–Crippen MR) is 156 cm³/mol. The Morgan fingerprint density at radius 2 is 1.71 bits per heavy atom. The van der Waals surface area contributed by atoms with Crippen LogP contribution in [0.4, 0.5) is 0 Å². The first-order chi connectivity index (χ1) is 18.2. The van der Waals surface area contributed by atoms with Crippen LogP contribution in [-0.2, 0) is 24.3 Å². The molecular formula is C32H34ClN3O2. The lowest BCUT2D eigenvalue weighted by atomic mass is 9.99. The minimum absolute atomic E-state index is 0.104. The maximum Gasteiger partial charge on any atom is 0.253 e. The summed E-state index contributed by atoms with van der Waals surface area (Å²) in [6.45, 7) is 12.4. The average Bonchev–Trinajstić information content (AvgIpc) is 2.91. The van der Waals surface area contributed by atoms with Gasteiger partial charge < -0.3 is 10.2 Å². The van der Waals surface area contributed by atoms with E-state index < -0.39 is 0 Å². The highest BCUT2D eigenvalue weighted by Crippen LogP contribution is 2.26. The maximum atomic E-state index is 12.9. The van der Waals surface area contributed by atoms with Gasteiger partial charge in [-0.15, -0.1) is 0 Å². The number of aromatic nitrogens is 1. The van der Waals surface area contributed by atoms with Gasteiger partial charge in [0.05, 0.1) is 12.1 Å². The number of carbonyl (C=O) groups excluding carboxylic acids is 2. The van der Waals surface area contributed by atoms with Crippen molar-refractivity contribution in [1.29, 1.82) is 0 Å². The number of amides is 2. The summed E-state index contributed by atoms with van der Waals surface area (Å²) in [6, 6.07) is 14.0. The Bertz CT molecular complexity index is 1370. The predicted octanol–water partition coefficient (Wildman–Crippen LogP) is 6.87. The fourth-order valence-corrected chi connectivity index (χ4v) is 4.36. The number of carbonyl (C=O) groups is 2. The molecule has 5 nitrogen and oxygen atoms in total. The summed E-state index contributed by atoms with van der Waals surface area (Å²) < 4.78 is 0. The summed E-state index contributed by atoms with van der Waals surface area (Å²) in [5.41, 5.74) is 7.74. The molecule has 0 aliphatic rings. The van der Waals surface area contributed by atoms with E-state index in [-0.39, 0.29) is 11.8 Å². The molecule has 2 aromatic carbocycles. The van der Waals surface area contributed by atoms with Gasteiger partial charge in [0.15, 0.2) is 0 Å². The summed E-state index contributed by atoms with van der Waals surface area (Å²) in [5, 5.41) is 3.71. The van der Waals surface area contributed by atoms with E-state index in [0.29, 0.717) is 30.1 Å². The van der Waals surface area contributed by atoms with E-state index in [2.05, 4.69) is 22.9 Å². The number of benzene rings is 2. The van der Waals surface area contributed by atoms with Crippen LogP contribution in [0.2, 0.25) is 0 Å². The van der Waals surface area contributed by atoms with Crippen molar-refractivity contribution in [3.8, 4) is 0 Å². The Labute approximate surface area is 230 Å². The van der Waals surface area contributed by atoms with Crippen molar-refractivity contribution >= 4 is 28.4 Å². The first-order valence-electron chi connectivity index (χ1n) is 12.5. The largest absolute Gasteiger partial charge is 0.348 e. The molecule has 3 aromatic rings. The summed E-state index contributed by atoms with van der Waals surface area (Å²) in [6.07, 6.45) is 10.6. The highest BCUT2D eigenvalue weighted by molar-refractivity contribution is 6.48. The fourth-order valence-electron chi connectivity index (χ4n) is 4.15. The van der Waals surface area contributed by atoms with E-state index in [1.165, 1.54) is 12.3 Å². The molecule has 2 amide bonds. The van der Waals surface area contributed by atoms with Crippen LogP contribution in [0.15, 0.2) is 85.9 Å². The highest BCUT2D eigenvalue weighted by Gasteiger charge is 2.12. The van der Waals surface area contributed by atoms with Crippen molar-refractivity contribution < 1.29 is 9.59 Å². The highest BCUT2D eigenvalue weighted by atomic mass is 35.5. The molecule has 0 saturated carbocycles. The number of nitrogens with one attached hydrogen (secondary N) is 1. The number of hydrogen-bond acceptors (Lipinski definition) is 3. The molecule has 1 heterocycles. The lowest BCUT2D eigenvalue weighted by Gasteiger charge is -2.16. The number of allylic oxidation sites excluding steroid dienone is 2. The van der Waals surface area contributed by atoms with Crippen LogP contribution in [0.25, 0.3) is 5.03 Å². The zero-order chi connectivity index (χ0) is 27.7. The van der Waals surface area contributed by atoms with Crippen molar-refractivity contribution in [3.05, 3.63) is 130 Å². The van der Waals surface area contributed by atoms with E-state index in [1.807, 2.05) is 70.2 Å². The molecule has 0 atom stereocenters. The SMILES string of the molecule is C=CN(Cc1ccc(Cc2cncc(C(=O)NCc3cc(/C(Cl)=C\C)c(C)cc3C)c2)cc1)C(=O)/C=C\C. The van der Waals surface area contributed by atoms with Crippen LogP contribution in [0.5, 0.6) is 0 Å². The van der Waals surface area contributed by atoms with E-state index in [9.17, 15) is 9.59 Å². The Morgan fingerprint density at radius 1 is 1.00 bits per heavy atom. The van der Waals surface area contributed by atoms with E-state index in [0.717, 1.165) is 38.9 Å². The normalized spacial score (nSPS) is 11.4. The van der Waals surface area contributed by atoms with Crippen LogP contribution in [-0.4, -0.2) is 21.7 Å². The zero-order valence-electron chi connectivity index (χ0n) is 22.4. The summed E-state index contributed by atoms with van der Waals surface area (Å²) in [7, 11) is 0. The summed E-state index contributed by atoms with van der Waals surface area (Å²) in [4.78, 5) is 30.9. The second kappa shape index (κ2) is 13.5. The smallest absolute Gasteiger partial charge is 0.253 e. The minimum Gasteiger partial charge on any atom is -0.348 e. The lowest BCUT2D eigenvalue weighted by Crippen LogP contribution is -2.23. The monoisotopic (exact) mass is 527 g/mol. The first kappa shape index (κ1) is 28.6. The van der Waals surface area contributed by atoms with E-state index in [4.69, 9.17) is 11.6 Å². The third-order valence-electron chi connectivity index (χ3n) is 6.29. The number of nitrogens with zero attached hydrogens (tertiary/aromatic N) is 2. The number of halogens is 1. The van der Waals surface area contributed by atoms with Gasteiger partial charge in [-0.05, 0) is 91.3 Å². The summed E-state index contributed by atoms with van der Waals surface area (Å²) in [5.74, 6) is -0.281. The number of hydrogen-bond donors (Lipinski definition) is 1. The average molecular weight is 528 g/mol. The van der Waals surface area contributed by atoms with Crippen molar-refractivity contribution in [1.82, 2.24) is 15.2 Å². The van der Waals surface area contributed by atoms with Gasteiger partial charge in [0.1, 0.15) is 0 Å². The van der Waals surface area contributed by atoms with Crippen molar-refractivity contribution in [2.75, 3.05) is 0 Å². The topological polar surface area (TPSA) is 62.3 Å². The second-order valence-corrected chi connectivity index (χ2v) is 9.54. The minimum atomic E-state index is -0.177. The van der Waals surface area contributed by atoms with Crippen molar-refractivity contribution in [2.45, 2.75) is 47.2 Å². The zero-order valence-corrected chi connectivity index (χ0v) is 23.2. The van der Waals surface area contributed by atoms with Gasteiger partial charge in [0.25, 0.3) is 5.91 Å². The summed E-state index contributed by atoms with van der Waals surface area (Å²) >= 11 is 6.37. The Balaban J connectivity index is 1.65. The molecule has 196 valence electrons. The van der Waals surface area contributed by atoms with Gasteiger partial charge in [-0.25, -0.2) is 0 Å². The molecule has 6 heteroatoms. The number of pyridine rings is 1. The standard InChI is InChI=1S/C32H34ClN3O2/c1-6-9-31(37)36(8-3)21-25-12-10-24(11-13-25)15-26-16-28(19-34-18-26)32(38)35-20-27-17-29(30(33)7-2)23(5)14-22(27)4/h6-14,16-19H,3,15,20-21H2,1-2,4-5H3,(H,35,38)/b9-6-,30-7+. The van der Waals surface area contributed by atoms with Gasteiger partial charge >= 0.3 is 0 Å². The second-order valence-electron chi connectivity index (χ2n) is 9.14. The molecule has 0 bridgehead atoms. The molecule has 0 unspecified atom stereocenters. The molecule has 0 fully saturated rings. The Hall–Kier alpha value is -3.96. The molecule has 1 aromatic heterocycles. The van der Waals surface area contributed by atoms with Gasteiger partial charge in [0, 0.05) is 30.2 Å². The molecule has 0 saturated heterocycles. The molecule has 0 aliphatic heterocycles. The molecule has 38 heavy (non-hydrogen) atoms. The van der Waals surface area contributed by atoms with Crippen LogP contribution in [0.1, 0.15) is 63.1 Å². The quantitative estimate of drug-likeness (QED) is 0.293. The van der Waals surface area contributed by atoms with Gasteiger partial charge in [-0.2, -0.15) is 0 Å². The number of rotatable bonds is 10. The van der Waals surface area contributed by atoms with E-state index >= 15 is 0 Å². The molecule has 3 rings (SSSR count). The van der Waals surface area contributed by atoms with Crippen LogP contribution in [0.3, 0.4) is 0 Å². The van der Waals surface area contributed by atoms with E-state index in [1.54, 1.807) is 23.4 Å². The molecule has 0 radical (unpaired) electrons. The molecule has 0 aliphatic carbocycles. The van der Waals surface area contributed by atoms with Gasteiger partial charge in [-0.1, -0.05) is 60.7 Å². The van der Waals surface area contributed by atoms with Crippen molar-refractivity contribution in [3.63, 3.8) is 0 Å². The maximum absolute atomic E-state index is 12.9. The van der Waals surface area contributed by atoms with Gasteiger partial charge in [0.2, 0.25) is 5.91 Å². The Kier molecular flexibility index (Phi) is 10.2. The van der Waals surface area contributed by atoms with Crippen molar-refractivity contribution in [2.24, 2.45) is 0 Å². The van der Waals surface area contributed by atoms with Crippen LogP contribution < -0.4 is 5.32 Å². The van der Waals surface area contributed by atoms with Gasteiger partial charge in [-0.3, -0.25) is 14.6 Å². The fraction of sp³-hybridized carbons (Fsp3) is 0.219. The molecule has 0 spiro atoms. The first-order valence-corrected chi connectivity index (χ1v) is 12.9. The third-order valence-corrected chi connectivity index (χ3v) is 6.71.